The third-order valence-corrected chi connectivity index (χ3v) is 6.99. The molecule has 198 valence electrons. The largest absolute Gasteiger partial charge is 0.497 e. The van der Waals surface area contributed by atoms with E-state index in [-0.39, 0.29) is 17.4 Å². The number of halogens is 3. The molecule has 6 nitrogen and oxygen atoms in total. The Morgan fingerprint density at radius 3 is 2.53 bits per heavy atom. The van der Waals surface area contributed by atoms with Crippen molar-refractivity contribution in [3.63, 3.8) is 0 Å². The van der Waals surface area contributed by atoms with Crippen LogP contribution in [0.3, 0.4) is 0 Å². The van der Waals surface area contributed by atoms with Gasteiger partial charge in [0, 0.05) is 56.6 Å². The Bertz CT molecular complexity index is 1450. The van der Waals surface area contributed by atoms with E-state index in [0.717, 1.165) is 34.0 Å². The number of nitrogens with zero attached hydrogens (tertiary/aromatic N) is 4. The molecule has 0 N–H and O–H groups in total. The van der Waals surface area contributed by atoms with Gasteiger partial charge in [-0.1, -0.05) is 42.5 Å². The van der Waals surface area contributed by atoms with Crippen molar-refractivity contribution in [3.05, 3.63) is 95.3 Å². The average molecular weight is 523 g/mol. The summed E-state index contributed by atoms with van der Waals surface area (Å²) in [7, 11) is 3.16. The smallest absolute Gasteiger partial charge is 0.416 e. The molecule has 0 saturated carbocycles. The van der Waals surface area contributed by atoms with Crippen LogP contribution in [-0.2, 0) is 26.2 Å². The summed E-state index contributed by atoms with van der Waals surface area (Å²) in [4.78, 5) is 17.7. The van der Waals surface area contributed by atoms with Crippen molar-refractivity contribution in [2.24, 2.45) is 7.05 Å². The minimum atomic E-state index is -4.59. The first-order valence-electron chi connectivity index (χ1n) is 12.4. The highest BCUT2D eigenvalue weighted by Gasteiger charge is 2.35. The van der Waals surface area contributed by atoms with Crippen LogP contribution in [0.4, 0.5) is 13.2 Å². The van der Waals surface area contributed by atoms with Crippen molar-refractivity contribution in [2.45, 2.75) is 25.2 Å². The summed E-state index contributed by atoms with van der Waals surface area (Å²) in [5.41, 5.74) is 1.21. The molecule has 1 atom stereocenters. The van der Waals surface area contributed by atoms with E-state index < -0.39 is 17.6 Å². The SMILES string of the molecule is COc1cc(C(=O)N2CCN(Cc3cnn(C)c3)C[C@H]2Cc2ccc3ccccc3c2)cc(C(F)(F)F)c1. The molecule has 1 aliphatic heterocycles. The number of aromatic nitrogens is 2. The molecule has 3 aromatic carbocycles. The van der Waals surface area contributed by atoms with E-state index in [0.29, 0.717) is 32.6 Å². The van der Waals surface area contributed by atoms with Gasteiger partial charge in [-0.25, -0.2) is 0 Å². The third kappa shape index (κ3) is 5.67. The number of ether oxygens (including phenoxy) is 1. The van der Waals surface area contributed by atoms with Gasteiger partial charge in [0.05, 0.1) is 18.9 Å². The van der Waals surface area contributed by atoms with Gasteiger partial charge in [0.25, 0.3) is 5.91 Å². The number of hydrogen-bond donors (Lipinski definition) is 0. The molecule has 5 rings (SSSR count). The number of carbonyl (C=O) groups is 1. The summed E-state index contributed by atoms with van der Waals surface area (Å²) >= 11 is 0. The molecular formula is C29H29F3N4O2. The maximum Gasteiger partial charge on any atom is 0.416 e. The maximum atomic E-state index is 13.7. The van der Waals surface area contributed by atoms with Crippen molar-refractivity contribution in [2.75, 3.05) is 26.7 Å². The summed E-state index contributed by atoms with van der Waals surface area (Å²) in [6.45, 7) is 2.27. The zero-order valence-corrected chi connectivity index (χ0v) is 21.3. The van der Waals surface area contributed by atoms with Crippen molar-refractivity contribution in [1.29, 1.82) is 0 Å². The van der Waals surface area contributed by atoms with E-state index in [9.17, 15) is 18.0 Å². The second-order valence-corrected chi connectivity index (χ2v) is 9.74. The zero-order valence-electron chi connectivity index (χ0n) is 21.3. The first-order chi connectivity index (χ1) is 18.2. The summed E-state index contributed by atoms with van der Waals surface area (Å²) in [5.74, 6) is -0.425. The molecule has 9 heteroatoms. The van der Waals surface area contributed by atoms with Gasteiger partial charge in [-0.3, -0.25) is 14.4 Å². The molecule has 1 fully saturated rings. The molecule has 0 bridgehead atoms. The van der Waals surface area contributed by atoms with Crippen molar-refractivity contribution in [1.82, 2.24) is 19.6 Å². The molecule has 1 saturated heterocycles. The predicted octanol–water partition coefficient (Wildman–Crippen LogP) is 5.17. The molecule has 1 amide bonds. The lowest BCUT2D eigenvalue weighted by Crippen LogP contribution is -2.55. The van der Waals surface area contributed by atoms with E-state index >= 15 is 0 Å². The highest BCUT2D eigenvalue weighted by Crippen LogP contribution is 2.33. The van der Waals surface area contributed by atoms with Gasteiger partial charge in [-0.2, -0.15) is 18.3 Å². The van der Waals surface area contributed by atoms with E-state index in [1.165, 1.54) is 13.2 Å². The fourth-order valence-electron chi connectivity index (χ4n) is 5.12. The summed E-state index contributed by atoms with van der Waals surface area (Å²) in [5, 5.41) is 6.48. The molecule has 2 heterocycles. The highest BCUT2D eigenvalue weighted by atomic mass is 19.4. The molecule has 0 unspecified atom stereocenters. The lowest BCUT2D eigenvalue weighted by atomic mass is 9.98. The van der Waals surface area contributed by atoms with Crippen LogP contribution in [0.25, 0.3) is 10.8 Å². The molecule has 0 spiro atoms. The minimum Gasteiger partial charge on any atom is -0.497 e. The van der Waals surface area contributed by atoms with E-state index in [1.807, 2.05) is 43.7 Å². The molecule has 4 aromatic rings. The number of fused-ring (bicyclic) bond motifs is 1. The highest BCUT2D eigenvalue weighted by molar-refractivity contribution is 5.95. The Kier molecular flexibility index (Phi) is 7.12. The second kappa shape index (κ2) is 10.5. The van der Waals surface area contributed by atoms with Gasteiger partial charge in [-0.15, -0.1) is 0 Å². The minimum absolute atomic E-state index is 0.00414. The van der Waals surface area contributed by atoms with Crippen LogP contribution in [0.1, 0.15) is 27.0 Å². The summed E-state index contributed by atoms with van der Waals surface area (Å²) in [6.07, 6.45) is -0.220. The Morgan fingerprint density at radius 2 is 1.82 bits per heavy atom. The normalized spacial score (nSPS) is 16.7. The number of benzene rings is 3. The van der Waals surface area contributed by atoms with Gasteiger partial charge >= 0.3 is 6.18 Å². The number of hydrogen-bond acceptors (Lipinski definition) is 4. The van der Waals surface area contributed by atoms with Gasteiger partial charge in [0.15, 0.2) is 0 Å². The van der Waals surface area contributed by atoms with Crippen molar-refractivity contribution >= 4 is 16.7 Å². The lowest BCUT2D eigenvalue weighted by molar-refractivity contribution is -0.137. The Hall–Kier alpha value is -3.85. The van der Waals surface area contributed by atoms with E-state index in [1.54, 1.807) is 9.58 Å². The van der Waals surface area contributed by atoms with E-state index in [4.69, 9.17) is 4.74 Å². The fraction of sp³-hybridized carbons (Fsp3) is 0.310. The van der Waals surface area contributed by atoms with Crippen LogP contribution in [0.5, 0.6) is 5.75 Å². The second-order valence-electron chi connectivity index (χ2n) is 9.74. The Morgan fingerprint density at radius 1 is 1.03 bits per heavy atom. The maximum absolute atomic E-state index is 13.7. The fourth-order valence-corrected chi connectivity index (χ4v) is 5.12. The predicted molar refractivity (Wildman–Crippen MR) is 139 cm³/mol. The van der Waals surface area contributed by atoms with Gasteiger partial charge in [-0.05, 0) is 41.0 Å². The van der Waals surface area contributed by atoms with E-state index in [2.05, 4.69) is 28.2 Å². The van der Waals surface area contributed by atoms with Gasteiger partial charge < -0.3 is 9.64 Å². The number of alkyl halides is 3. The first kappa shape index (κ1) is 25.8. The Labute approximate surface area is 219 Å². The first-order valence-corrected chi connectivity index (χ1v) is 12.4. The number of aryl methyl sites for hydroxylation is 1. The summed E-state index contributed by atoms with van der Waals surface area (Å²) in [6, 6.07) is 17.3. The standard InChI is InChI=1S/C29H29F3N4O2/c1-34-17-21(16-33-34)18-35-9-10-36(28(37)24-13-25(29(30,31)32)15-27(14-24)38-2)26(19-35)12-20-7-8-22-5-3-4-6-23(22)11-20/h3-8,11,13-17,26H,9-10,12,18-19H2,1-2H3/t26-/m1/s1. The number of rotatable bonds is 6. The topological polar surface area (TPSA) is 50.6 Å². The van der Waals surface area contributed by atoms with Crippen LogP contribution < -0.4 is 4.74 Å². The van der Waals surface area contributed by atoms with Crippen LogP contribution >= 0.6 is 0 Å². The quantitative estimate of drug-likeness (QED) is 0.351. The van der Waals surface area contributed by atoms with Gasteiger partial charge in [0.2, 0.25) is 0 Å². The molecular weight excluding hydrogens is 493 g/mol. The van der Waals surface area contributed by atoms with Crippen LogP contribution in [0, 0.1) is 0 Å². The molecule has 0 radical (unpaired) electrons. The molecule has 1 aromatic heterocycles. The number of piperazine rings is 1. The van der Waals surface area contributed by atoms with Crippen molar-refractivity contribution < 1.29 is 22.7 Å². The molecule has 1 aliphatic rings. The number of carbonyl (C=O) groups excluding carboxylic acids is 1. The zero-order chi connectivity index (χ0) is 26.9. The third-order valence-electron chi connectivity index (χ3n) is 6.99. The van der Waals surface area contributed by atoms with Gasteiger partial charge in [0.1, 0.15) is 5.75 Å². The van der Waals surface area contributed by atoms with Crippen LogP contribution in [0.2, 0.25) is 0 Å². The van der Waals surface area contributed by atoms with Crippen LogP contribution in [0.15, 0.2) is 73.1 Å². The Balaban J connectivity index is 1.45. The molecule has 38 heavy (non-hydrogen) atoms. The van der Waals surface area contributed by atoms with Crippen molar-refractivity contribution in [3.8, 4) is 5.75 Å². The molecule has 0 aliphatic carbocycles. The average Bonchev–Trinajstić information content (AvgIpc) is 3.31. The monoisotopic (exact) mass is 522 g/mol. The summed E-state index contributed by atoms with van der Waals surface area (Å²) < 4.78 is 47.5. The lowest BCUT2D eigenvalue weighted by Gasteiger charge is -2.41. The number of amides is 1. The number of methoxy groups -OCH3 is 1. The van der Waals surface area contributed by atoms with Crippen LogP contribution in [-0.4, -0.2) is 58.3 Å².